The number of fused-ring (bicyclic) bond motifs is 2. The second kappa shape index (κ2) is 4.93. The van der Waals surface area contributed by atoms with E-state index in [-0.39, 0.29) is 17.5 Å². The smallest absolute Gasteiger partial charge is 0.165 e. The maximum Gasteiger partial charge on any atom is 0.165 e. The van der Waals surface area contributed by atoms with Crippen molar-refractivity contribution in [2.75, 3.05) is 7.11 Å². The molecule has 2 aliphatic rings. The Kier molecular flexibility index (Phi) is 3.27. The summed E-state index contributed by atoms with van der Waals surface area (Å²) in [5, 5.41) is 3.46. The number of rotatable bonds is 4. The molecule has 0 aromatic heterocycles. The van der Waals surface area contributed by atoms with Crippen LogP contribution in [-0.2, 0) is 11.2 Å². The highest BCUT2D eigenvalue weighted by Gasteiger charge is 2.42. The molecule has 2 saturated heterocycles. The van der Waals surface area contributed by atoms with Gasteiger partial charge in [0.25, 0.3) is 0 Å². The predicted octanol–water partition coefficient (Wildman–Crippen LogP) is 2.09. The second-order valence-corrected chi connectivity index (χ2v) is 5.50. The number of Topliss-reactive ketones (excluding diaryl/α,β-unsaturated/α-hetero) is 1. The molecular weight excluding hydrogens is 245 g/mol. The van der Waals surface area contributed by atoms with E-state index in [0.717, 1.165) is 18.4 Å². The molecule has 0 saturated carbocycles. The fourth-order valence-corrected chi connectivity index (χ4v) is 3.33. The summed E-state index contributed by atoms with van der Waals surface area (Å²) < 4.78 is 18.5. The van der Waals surface area contributed by atoms with Crippen molar-refractivity contribution < 1.29 is 13.9 Å². The molecule has 2 heterocycles. The quantitative estimate of drug-likeness (QED) is 0.904. The number of methoxy groups -OCH3 is 1. The van der Waals surface area contributed by atoms with Crippen LogP contribution in [0.4, 0.5) is 4.39 Å². The molecule has 0 amide bonds. The van der Waals surface area contributed by atoms with Crippen molar-refractivity contribution >= 4 is 5.78 Å². The lowest BCUT2D eigenvalue weighted by molar-refractivity contribution is -0.122. The van der Waals surface area contributed by atoms with E-state index >= 15 is 0 Å². The van der Waals surface area contributed by atoms with E-state index in [1.54, 1.807) is 12.1 Å². The summed E-state index contributed by atoms with van der Waals surface area (Å²) in [6.45, 7) is 0. The molecule has 1 aromatic rings. The molecule has 2 bridgehead atoms. The third kappa shape index (κ3) is 2.37. The molecule has 19 heavy (non-hydrogen) atoms. The molecule has 102 valence electrons. The lowest BCUT2D eigenvalue weighted by Gasteiger charge is -2.18. The minimum atomic E-state index is -0.404. The third-order valence-corrected chi connectivity index (χ3v) is 4.31. The summed E-state index contributed by atoms with van der Waals surface area (Å²) >= 11 is 0. The van der Waals surface area contributed by atoms with Crippen LogP contribution in [0, 0.1) is 11.7 Å². The third-order valence-electron chi connectivity index (χ3n) is 4.31. The Labute approximate surface area is 112 Å². The Bertz CT molecular complexity index is 503. The molecule has 0 aliphatic carbocycles. The molecule has 3 atom stereocenters. The van der Waals surface area contributed by atoms with E-state index < -0.39 is 5.82 Å². The van der Waals surface area contributed by atoms with E-state index in [0.29, 0.717) is 18.5 Å². The summed E-state index contributed by atoms with van der Waals surface area (Å²) in [7, 11) is 1.43. The maximum absolute atomic E-state index is 13.6. The number of carbonyl (C=O) groups is 1. The van der Waals surface area contributed by atoms with Gasteiger partial charge in [-0.1, -0.05) is 6.07 Å². The largest absolute Gasteiger partial charge is 0.494 e. The van der Waals surface area contributed by atoms with E-state index in [9.17, 15) is 9.18 Å². The van der Waals surface area contributed by atoms with Gasteiger partial charge in [0.1, 0.15) is 5.78 Å². The molecule has 4 heteroatoms. The Morgan fingerprint density at radius 3 is 2.89 bits per heavy atom. The van der Waals surface area contributed by atoms with Crippen LogP contribution in [0.2, 0.25) is 0 Å². The van der Waals surface area contributed by atoms with Crippen molar-refractivity contribution in [3.63, 3.8) is 0 Å². The van der Waals surface area contributed by atoms with Crippen molar-refractivity contribution in [1.29, 1.82) is 0 Å². The van der Waals surface area contributed by atoms with Crippen LogP contribution in [0.1, 0.15) is 24.8 Å². The van der Waals surface area contributed by atoms with Crippen molar-refractivity contribution in [3.8, 4) is 5.75 Å². The first-order valence-corrected chi connectivity index (χ1v) is 6.78. The topological polar surface area (TPSA) is 38.3 Å². The molecule has 1 N–H and O–H groups in total. The summed E-state index contributed by atoms with van der Waals surface area (Å²) in [6, 6.07) is 5.61. The van der Waals surface area contributed by atoms with E-state index in [1.165, 1.54) is 19.6 Å². The standard InChI is InChI=1S/C15H18FNO2/c1-19-15-5-2-9(6-12(15)16)7-14(18)11-8-10-3-4-13(11)17-10/h2,5-6,10-11,13,17H,3-4,7-8H2,1H3. The lowest BCUT2D eigenvalue weighted by atomic mass is 9.84. The Morgan fingerprint density at radius 1 is 1.47 bits per heavy atom. The minimum Gasteiger partial charge on any atom is -0.494 e. The fourth-order valence-electron chi connectivity index (χ4n) is 3.33. The van der Waals surface area contributed by atoms with Gasteiger partial charge >= 0.3 is 0 Å². The number of hydrogen-bond acceptors (Lipinski definition) is 3. The number of ketones is 1. The van der Waals surface area contributed by atoms with Gasteiger partial charge < -0.3 is 10.1 Å². The van der Waals surface area contributed by atoms with Crippen molar-refractivity contribution in [1.82, 2.24) is 5.32 Å². The average Bonchev–Trinajstić information content (AvgIpc) is 3.01. The van der Waals surface area contributed by atoms with E-state index in [2.05, 4.69) is 5.32 Å². The molecule has 3 rings (SSSR count). The highest BCUT2D eigenvalue weighted by atomic mass is 19.1. The van der Waals surface area contributed by atoms with Gasteiger partial charge in [-0.2, -0.15) is 0 Å². The Morgan fingerprint density at radius 2 is 2.32 bits per heavy atom. The molecule has 2 aliphatic heterocycles. The van der Waals surface area contributed by atoms with Gasteiger partial charge in [-0.3, -0.25) is 4.79 Å². The monoisotopic (exact) mass is 263 g/mol. The first-order chi connectivity index (χ1) is 9.17. The van der Waals surface area contributed by atoms with Gasteiger partial charge in [-0.05, 0) is 37.0 Å². The summed E-state index contributed by atoms with van der Waals surface area (Å²) in [5.41, 5.74) is 0.728. The second-order valence-electron chi connectivity index (χ2n) is 5.50. The summed E-state index contributed by atoms with van der Waals surface area (Å²) in [4.78, 5) is 12.3. The van der Waals surface area contributed by atoms with E-state index in [1.807, 2.05) is 0 Å². The SMILES string of the molecule is COc1ccc(CC(=O)C2CC3CCC2N3)cc1F. The average molecular weight is 263 g/mol. The van der Waals surface area contributed by atoms with Crippen LogP contribution in [-0.4, -0.2) is 25.0 Å². The van der Waals surface area contributed by atoms with Crippen LogP contribution in [0.25, 0.3) is 0 Å². The van der Waals surface area contributed by atoms with Gasteiger partial charge in [-0.25, -0.2) is 4.39 Å². The zero-order valence-corrected chi connectivity index (χ0v) is 11.0. The number of nitrogens with one attached hydrogen (secondary N) is 1. The first kappa shape index (κ1) is 12.6. The number of benzene rings is 1. The van der Waals surface area contributed by atoms with Crippen LogP contribution < -0.4 is 10.1 Å². The van der Waals surface area contributed by atoms with Crippen molar-refractivity contribution in [3.05, 3.63) is 29.6 Å². The summed E-state index contributed by atoms with van der Waals surface area (Å²) in [5.74, 6) is 0.157. The Hall–Kier alpha value is -1.42. The molecule has 3 nitrogen and oxygen atoms in total. The maximum atomic E-state index is 13.6. The van der Waals surface area contributed by atoms with Gasteiger partial charge in [-0.15, -0.1) is 0 Å². The zero-order chi connectivity index (χ0) is 13.4. The molecule has 0 radical (unpaired) electrons. The number of carbonyl (C=O) groups excluding carboxylic acids is 1. The molecule has 2 fully saturated rings. The van der Waals surface area contributed by atoms with Gasteiger partial charge in [0.2, 0.25) is 0 Å². The van der Waals surface area contributed by atoms with Crippen molar-refractivity contribution in [2.24, 2.45) is 5.92 Å². The molecular formula is C15H18FNO2. The number of halogens is 1. The highest BCUT2D eigenvalue weighted by Crippen LogP contribution is 2.34. The lowest BCUT2D eigenvalue weighted by Crippen LogP contribution is -2.29. The van der Waals surface area contributed by atoms with Gasteiger partial charge in [0.15, 0.2) is 11.6 Å². The number of hydrogen-bond donors (Lipinski definition) is 1. The van der Waals surface area contributed by atoms with Crippen molar-refractivity contribution in [2.45, 2.75) is 37.8 Å². The fraction of sp³-hybridized carbons (Fsp3) is 0.533. The van der Waals surface area contributed by atoms with Crippen LogP contribution >= 0.6 is 0 Å². The predicted molar refractivity (Wildman–Crippen MR) is 69.7 cm³/mol. The van der Waals surface area contributed by atoms with Gasteiger partial charge in [0.05, 0.1) is 7.11 Å². The van der Waals surface area contributed by atoms with E-state index in [4.69, 9.17) is 4.74 Å². The minimum absolute atomic E-state index is 0.115. The number of ether oxygens (including phenoxy) is 1. The Balaban J connectivity index is 1.68. The van der Waals surface area contributed by atoms with Gasteiger partial charge in [0, 0.05) is 24.4 Å². The zero-order valence-electron chi connectivity index (χ0n) is 11.0. The van der Waals surface area contributed by atoms with Crippen LogP contribution in [0.5, 0.6) is 5.75 Å². The molecule has 0 spiro atoms. The first-order valence-electron chi connectivity index (χ1n) is 6.78. The van der Waals surface area contributed by atoms with Crippen LogP contribution in [0.3, 0.4) is 0 Å². The van der Waals surface area contributed by atoms with Crippen LogP contribution in [0.15, 0.2) is 18.2 Å². The molecule has 3 unspecified atom stereocenters. The molecule has 1 aromatic carbocycles. The summed E-state index contributed by atoms with van der Waals surface area (Å²) in [6.07, 6.45) is 3.54. The normalized spacial score (nSPS) is 28.6. The highest BCUT2D eigenvalue weighted by molar-refractivity contribution is 5.84.